The van der Waals surface area contributed by atoms with Crippen molar-refractivity contribution in [3.63, 3.8) is 0 Å². The molecule has 4 aromatic rings. The Hall–Kier alpha value is -4.44. The average Bonchev–Trinajstić information content (AvgIpc) is 3.49. The zero-order chi connectivity index (χ0) is 24.8. The molecule has 1 aromatic carbocycles. The molecule has 1 aliphatic heterocycles. The van der Waals surface area contributed by atoms with Gasteiger partial charge in [0.15, 0.2) is 5.65 Å². The summed E-state index contributed by atoms with van der Waals surface area (Å²) >= 11 is 0. The molecule has 1 saturated heterocycles. The van der Waals surface area contributed by atoms with Crippen LogP contribution in [0.25, 0.3) is 17.0 Å². The number of nitrogens with zero attached hydrogens (tertiary/aromatic N) is 6. The van der Waals surface area contributed by atoms with Crippen LogP contribution in [0.15, 0.2) is 67.6 Å². The van der Waals surface area contributed by atoms with Crippen LogP contribution in [0.2, 0.25) is 0 Å². The molecule has 1 unspecified atom stereocenters. The molecule has 0 radical (unpaired) electrons. The molecule has 3 aromatic heterocycles. The lowest BCUT2D eigenvalue weighted by atomic mass is 10.1. The van der Waals surface area contributed by atoms with Crippen molar-refractivity contribution in [1.29, 1.82) is 0 Å². The normalized spacial score (nSPS) is 15.3. The van der Waals surface area contributed by atoms with Crippen LogP contribution in [0.4, 0.5) is 11.8 Å². The Balaban J connectivity index is 0.000000672. The zero-order valence-corrected chi connectivity index (χ0v) is 19.3. The molecule has 0 aliphatic carbocycles. The number of nitrogen functional groups attached to an aromatic ring is 1. The number of pyridine rings is 1. The number of likely N-dealkylation sites (tertiary alicyclic amines) is 1. The summed E-state index contributed by atoms with van der Waals surface area (Å²) in [5.74, 6) is 1.59. The minimum atomic E-state index is -0.226. The second-order valence-corrected chi connectivity index (χ2v) is 8.08. The molecular weight excluding hydrogens is 444 g/mol. The number of rotatable bonds is 5. The third kappa shape index (κ3) is 5.22. The highest BCUT2D eigenvalue weighted by molar-refractivity contribution is 6.03. The number of hydrogen-bond acceptors (Lipinski definition) is 8. The molecule has 0 saturated carbocycles. The van der Waals surface area contributed by atoms with Crippen LogP contribution in [-0.4, -0.2) is 61.6 Å². The topological polar surface area (TPSA) is 131 Å². The first-order valence-electron chi connectivity index (χ1n) is 11.1. The summed E-state index contributed by atoms with van der Waals surface area (Å²) in [6.07, 6.45) is 5.97. The van der Waals surface area contributed by atoms with Gasteiger partial charge in [0.1, 0.15) is 24.3 Å². The molecule has 0 bridgehead atoms. The van der Waals surface area contributed by atoms with Crippen molar-refractivity contribution in [3.05, 3.63) is 78.9 Å². The summed E-state index contributed by atoms with van der Waals surface area (Å²) in [6.45, 7) is 5.07. The van der Waals surface area contributed by atoms with Gasteiger partial charge in [0.2, 0.25) is 5.95 Å². The number of hydrogen-bond donors (Lipinski definition) is 2. The largest absolute Gasteiger partial charge is 0.369 e. The number of nitrogens with two attached hydrogens (primary N) is 1. The molecule has 1 aliphatic rings. The zero-order valence-electron chi connectivity index (χ0n) is 19.3. The number of allylic oxidation sites excluding steroid dienone is 1. The average molecular weight is 471 g/mol. The summed E-state index contributed by atoms with van der Waals surface area (Å²) in [4.78, 5) is 41.5. The SMILES string of the molecule is C=CC=O.CN1CCC(c2nc(-c3ccc(C(=O)Nc4ccccn4)cc3)n3c(N)ncnc23)C1. The van der Waals surface area contributed by atoms with Crippen LogP contribution >= 0.6 is 0 Å². The highest BCUT2D eigenvalue weighted by atomic mass is 16.1. The number of nitrogens with one attached hydrogen (secondary N) is 1. The standard InChI is InChI=1S/C22H22N8O.C3H4O/c1-29-11-9-16(12-29)18-20-25-13-26-22(23)30(20)19(28-18)14-5-7-15(8-6-14)21(31)27-17-4-2-3-10-24-17;1-2-3-4/h2-8,10,13,16H,9,11-12H2,1H3,(H2,23,25,26)(H,24,27,31);2-3H,1H2. The van der Waals surface area contributed by atoms with Gasteiger partial charge in [-0.1, -0.05) is 24.8 Å². The maximum atomic E-state index is 12.5. The Labute approximate surface area is 202 Å². The third-order valence-electron chi connectivity index (χ3n) is 5.66. The quantitative estimate of drug-likeness (QED) is 0.336. The maximum absolute atomic E-state index is 12.5. The van der Waals surface area contributed by atoms with Crippen LogP contribution < -0.4 is 11.1 Å². The molecule has 5 rings (SSSR count). The van der Waals surface area contributed by atoms with Gasteiger partial charge in [-0.15, -0.1) is 0 Å². The summed E-state index contributed by atoms with van der Waals surface area (Å²) in [7, 11) is 2.11. The minimum absolute atomic E-state index is 0.226. The Morgan fingerprint density at radius 2 is 1.94 bits per heavy atom. The monoisotopic (exact) mass is 470 g/mol. The van der Waals surface area contributed by atoms with Crippen LogP contribution in [0, 0.1) is 0 Å². The van der Waals surface area contributed by atoms with Gasteiger partial charge in [-0.05, 0) is 50.4 Å². The number of carbonyl (C=O) groups excluding carboxylic acids is 2. The van der Waals surface area contributed by atoms with Crippen LogP contribution in [0.3, 0.4) is 0 Å². The molecule has 10 nitrogen and oxygen atoms in total. The van der Waals surface area contributed by atoms with E-state index >= 15 is 0 Å². The van der Waals surface area contributed by atoms with Crippen molar-refractivity contribution < 1.29 is 9.59 Å². The second-order valence-electron chi connectivity index (χ2n) is 8.08. The fourth-order valence-electron chi connectivity index (χ4n) is 3.99. The van der Waals surface area contributed by atoms with Crippen LogP contribution in [0.5, 0.6) is 0 Å². The molecule has 1 atom stereocenters. The van der Waals surface area contributed by atoms with E-state index in [4.69, 9.17) is 15.5 Å². The molecule has 0 spiro atoms. The van der Waals surface area contributed by atoms with Crippen molar-refractivity contribution >= 4 is 29.6 Å². The molecule has 10 heteroatoms. The number of amides is 1. The van der Waals surface area contributed by atoms with Crippen molar-refractivity contribution in [2.24, 2.45) is 0 Å². The number of carbonyl (C=O) groups is 2. The number of fused-ring (bicyclic) bond motifs is 1. The van der Waals surface area contributed by atoms with Gasteiger partial charge in [0.25, 0.3) is 5.91 Å². The van der Waals surface area contributed by atoms with E-state index in [1.165, 1.54) is 12.4 Å². The minimum Gasteiger partial charge on any atom is -0.369 e. The fourth-order valence-corrected chi connectivity index (χ4v) is 3.99. The Kier molecular flexibility index (Phi) is 7.22. The van der Waals surface area contributed by atoms with E-state index in [9.17, 15) is 4.79 Å². The van der Waals surface area contributed by atoms with E-state index in [0.717, 1.165) is 36.4 Å². The highest BCUT2D eigenvalue weighted by Crippen LogP contribution is 2.32. The molecule has 3 N–H and O–H groups in total. The first-order chi connectivity index (χ1) is 17.0. The third-order valence-corrected chi connectivity index (χ3v) is 5.66. The van der Waals surface area contributed by atoms with E-state index in [0.29, 0.717) is 35.4 Å². The molecule has 35 heavy (non-hydrogen) atoms. The second kappa shape index (κ2) is 10.7. The van der Waals surface area contributed by atoms with Crippen molar-refractivity contribution in [3.8, 4) is 11.4 Å². The van der Waals surface area contributed by atoms with E-state index in [1.807, 2.05) is 18.2 Å². The predicted molar refractivity (Wildman–Crippen MR) is 134 cm³/mol. The van der Waals surface area contributed by atoms with Crippen molar-refractivity contribution in [2.45, 2.75) is 12.3 Å². The summed E-state index contributed by atoms with van der Waals surface area (Å²) < 4.78 is 1.79. The first kappa shape index (κ1) is 23.7. The Bertz CT molecular complexity index is 1330. The predicted octanol–water partition coefficient (Wildman–Crippen LogP) is 2.81. The van der Waals surface area contributed by atoms with Gasteiger partial charge in [-0.3, -0.25) is 9.59 Å². The lowest BCUT2D eigenvalue weighted by molar-refractivity contribution is -0.104. The summed E-state index contributed by atoms with van der Waals surface area (Å²) in [5, 5.41) is 2.79. The Morgan fingerprint density at radius 3 is 2.57 bits per heavy atom. The van der Waals surface area contributed by atoms with Crippen LogP contribution in [-0.2, 0) is 4.79 Å². The fraction of sp³-hybridized carbons (Fsp3) is 0.200. The number of likely N-dealkylation sites (N-methyl/N-ethyl adjacent to an activating group) is 1. The highest BCUT2D eigenvalue weighted by Gasteiger charge is 2.28. The molecule has 1 fully saturated rings. The maximum Gasteiger partial charge on any atom is 0.256 e. The molecule has 4 heterocycles. The van der Waals surface area contributed by atoms with Crippen molar-refractivity contribution in [1.82, 2.24) is 29.2 Å². The van der Waals surface area contributed by atoms with E-state index in [2.05, 4.69) is 38.8 Å². The summed E-state index contributed by atoms with van der Waals surface area (Å²) in [6, 6.07) is 12.6. The molecule has 178 valence electrons. The van der Waals surface area contributed by atoms with Gasteiger partial charge >= 0.3 is 0 Å². The Morgan fingerprint density at radius 1 is 1.17 bits per heavy atom. The summed E-state index contributed by atoms with van der Waals surface area (Å²) in [5.41, 5.74) is 9.22. The van der Waals surface area contributed by atoms with Crippen LogP contribution in [0.1, 0.15) is 28.4 Å². The number of anilines is 2. The van der Waals surface area contributed by atoms with E-state index in [-0.39, 0.29) is 5.91 Å². The van der Waals surface area contributed by atoms with Gasteiger partial charge < -0.3 is 16.0 Å². The van der Waals surface area contributed by atoms with Crippen molar-refractivity contribution in [2.75, 3.05) is 31.2 Å². The first-order valence-corrected chi connectivity index (χ1v) is 11.1. The number of imidazole rings is 1. The van der Waals surface area contributed by atoms with Gasteiger partial charge in [0, 0.05) is 29.8 Å². The number of benzene rings is 1. The number of aldehydes is 1. The lowest BCUT2D eigenvalue weighted by Gasteiger charge is -2.07. The van der Waals surface area contributed by atoms with Gasteiger partial charge in [-0.25, -0.2) is 24.3 Å². The molecule has 1 amide bonds. The van der Waals surface area contributed by atoms with Gasteiger partial charge in [-0.2, -0.15) is 0 Å². The molecular formula is C25H26N8O2. The van der Waals surface area contributed by atoms with E-state index in [1.54, 1.807) is 34.9 Å². The van der Waals surface area contributed by atoms with E-state index < -0.39 is 0 Å². The lowest BCUT2D eigenvalue weighted by Crippen LogP contribution is -2.13. The van der Waals surface area contributed by atoms with Gasteiger partial charge in [0.05, 0.1) is 5.69 Å². The number of aromatic nitrogens is 5. The smallest absolute Gasteiger partial charge is 0.256 e.